The van der Waals surface area contributed by atoms with Gasteiger partial charge in [-0.15, -0.1) is 0 Å². The molecule has 2 heterocycles. The van der Waals surface area contributed by atoms with Gasteiger partial charge < -0.3 is 15.0 Å². The Kier molecular flexibility index (Phi) is 5.95. The van der Waals surface area contributed by atoms with E-state index in [0.717, 1.165) is 11.1 Å². The standard InChI is InChI=1S/C23H19ClN4O3/c1-2-19(22(29)28-20-11-9-16(24)13-25-20)31-23(30)15-8-10-17-18(12-15)27-21(26-17)14-6-4-3-5-7-14/h3-13,19H,2H2,1H3,(H,26,27)(H,25,28,29). The topological polar surface area (TPSA) is 97.0 Å². The highest BCUT2D eigenvalue weighted by atomic mass is 35.5. The molecule has 7 nitrogen and oxygen atoms in total. The second-order valence-corrected chi connectivity index (χ2v) is 7.27. The highest BCUT2D eigenvalue weighted by molar-refractivity contribution is 6.30. The van der Waals surface area contributed by atoms with Gasteiger partial charge in [-0.3, -0.25) is 4.79 Å². The van der Waals surface area contributed by atoms with E-state index < -0.39 is 18.0 Å². The molecule has 4 rings (SSSR count). The third-order valence-corrected chi connectivity index (χ3v) is 4.88. The minimum Gasteiger partial charge on any atom is -0.449 e. The number of halogens is 1. The molecule has 0 fully saturated rings. The Hall–Kier alpha value is -3.71. The molecule has 0 bridgehead atoms. The Morgan fingerprint density at radius 2 is 1.94 bits per heavy atom. The first-order valence-corrected chi connectivity index (χ1v) is 10.1. The minimum absolute atomic E-state index is 0.315. The van der Waals surface area contributed by atoms with Crippen molar-refractivity contribution in [2.75, 3.05) is 5.32 Å². The number of H-pyrrole nitrogens is 1. The van der Waals surface area contributed by atoms with Crippen LogP contribution in [0.15, 0.2) is 66.9 Å². The number of benzene rings is 2. The fraction of sp³-hybridized carbons (Fsp3) is 0.130. The number of ether oxygens (including phenoxy) is 1. The number of aromatic nitrogens is 3. The summed E-state index contributed by atoms with van der Waals surface area (Å²) in [6.07, 6.45) is 0.783. The third kappa shape index (κ3) is 4.73. The molecule has 2 aromatic heterocycles. The molecule has 1 atom stereocenters. The maximum Gasteiger partial charge on any atom is 0.338 e. The predicted octanol–water partition coefficient (Wildman–Crippen LogP) is 4.85. The summed E-state index contributed by atoms with van der Waals surface area (Å²) in [5.41, 5.74) is 2.71. The predicted molar refractivity (Wildman–Crippen MR) is 119 cm³/mol. The van der Waals surface area contributed by atoms with Crippen LogP contribution in [-0.2, 0) is 9.53 Å². The number of fused-ring (bicyclic) bond motifs is 1. The number of rotatable bonds is 6. The lowest BCUT2D eigenvalue weighted by Crippen LogP contribution is -2.32. The molecule has 1 amide bonds. The second-order valence-electron chi connectivity index (χ2n) is 6.84. The van der Waals surface area contributed by atoms with Crippen LogP contribution in [0.1, 0.15) is 23.7 Å². The minimum atomic E-state index is -0.956. The van der Waals surface area contributed by atoms with Gasteiger partial charge in [0.05, 0.1) is 21.6 Å². The Balaban J connectivity index is 1.48. The third-order valence-electron chi connectivity index (χ3n) is 4.66. The zero-order valence-corrected chi connectivity index (χ0v) is 17.4. The van der Waals surface area contributed by atoms with Gasteiger partial charge in [0.2, 0.25) is 0 Å². The maximum atomic E-state index is 12.7. The SMILES string of the molecule is CCC(OC(=O)c1ccc2nc(-c3ccccc3)[nH]c2c1)C(=O)Nc1ccc(Cl)cn1. The Labute approximate surface area is 183 Å². The lowest BCUT2D eigenvalue weighted by Gasteiger charge is -2.15. The fourth-order valence-electron chi connectivity index (χ4n) is 3.05. The number of carbonyl (C=O) groups is 2. The lowest BCUT2D eigenvalue weighted by molar-refractivity contribution is -0.124. The molecule has 156 valence electrons. The molecule has 0 saturated carbocycles. The number of carbonyl (C=O) groups excluding carboxylic acids is 2. The number of nitrogens with zero attached hydrogens (tertiary/aromatic N) is 2. The molecule has 8 heteroatoms. The highest BCUT2D eigenvalue weighted by Gasteiger charge is 2.23. The summed E-state index contributed by atoms with van der Waals surface area (Å²) in [5.74, 6) is -0.0119. The lowest BCUT2D eigenvalue weighted by atomic mass is 10.2. The van der Waals surface area contributed by atoms with E-state index >= 15 is 0 Å². The summed E-state index contributed by atoms with van der Waals surface area (Å²) in [6, 6.07) is 17.9. The van der Waals surface area contributed by atoms with Gasteiger partial charge in [-0.05, 0) is 36.8 Å². The van der Waals surface area contributed by atoms with Gasteiger partial charge >= 0.3 is 5.97 Å². The molecule has 2 aromatic carbocycles. The van der Waals surface area contributed by atoms with Crippen LogP contribution in [0, 0.1) is 0 Å². The van der Waals surface area contributed by atoms with Crippen molar-refractivity contribution in [2.24, 2.45) is 0 Å². The summed E-state index contributed by atoms with van der Waals surface area (Å²) < 4.78 is 5.44. The van der Waals surface area contributed by atoms with Crippen LogP contribution in [0.2, 0.25) is 5.02 Å². The molecule has 0 aliphatic carbocycles. The summed E-state index contributed by atoms with van der Waals surface area (Å²) in [6.45, 7) is 1.76. The van der Waals surface area contributed by atoms with Crippen molar-refractivity contribution in [3.63, 3.8) is 0 Å². The number of imidazole rings is 1. The molecule has 31 heavy (non-hydrogen) atoms. The van der Waals surface area contributed by atoms with Crippen molar-refractivity contribution in [2.45, 2.75) is 19.4 Å². The molecular weight excluding hydrogens is 416 g/mol. The van der Waals surface area contributed by atoms with Crippen LogP contribution in [0.4, 0.5) is 5.82 Å². The van der Waals surface area contributed by atoms with E-state index in [-0.39, 0.29) is 0 Å². The van der Waals surface area contributed by atoms with E-state index in [2.05, 4.69) is 20.3 Å². The van der Waals surface area contributed by atoms with Crippen LogP contribution >= 0.6 is 11.6 Å². The van der Waals surface area contributed by atoms with E-state index in [1.54, 1.807) is 37.3 Å². The average molecular weight is 435 g/mol. The van der Waals surface area contributed by atoms with E-state index in [0.29, 0.717) is 34.2 Å². The van der Waals surface area contributed by atoms with Crippen molar-refractivity contribution in [3.05, 3.63) is 77.4 Å². The molecule has 2 N–H and O–H groups in total. The molecule has 0 spiro atoms. The van der Waals surface area contributed by atoms with Crippen LogP contribution < -0.4 is 5.32 Å². The zero-order valence-electron chi connectivity index (χ0n) is 16.6. The van der Waals surface area contributed by atoms with Crippen molar-refractivity contribution in [1.29, 1.82) is 0 Å². The Morgan fingerprint density at radius 1 is 1.13 bits per heavy atom. The quantitative estimate of drug-likeness (QED) is 0.423. The smallest absolute Gasteiger partial charge is 0.338 e. The molecule has 1 unspecified atom stereocenters. The van der Waals surface area contributed by atoms with Crippen LogP contribution in [0.5, 0.6) is 0 Å². The highest BCUT2D eigenvalue weighted by Crippen LogP contribution is 2.22. The molecule has 0 radical (unpaired) electrons. The van der Waals surface area contributed by atoms with Gasteiger partial charge in [-0.2, -0.15) is 0 Å². The van der Waals surface area contributed by atoms with Gasteiger partial charge in [-0.25, -0.2) is 14.8 Å². The van der Waals surface area contributed by atoms with Gasteiger partial charge in [-0.1, -0.05) is 48.9 Å². The van der Waals surface area contributed by atoms with Crippen molar-refractivity contribution < 1.29 is 14.3 Å². The normalized spacial score (nSPS) is 11.8. The first-order chi connectivity index (χ1) is 15.0. The number of hydrogen-bond acceptors (Lipinski definition) is 5. The first kappa shape index (κ1) is 20.6. The summed E-state index contributed by atoms with van der Waals surface area (Å²) in [5, 5.41) is 3.09. The van der Waals surface area contributed by atoms with Crippen molar-refractivity contribution in [3.8, 4) is 11.4 Å². The first-order valence-electron chi connectivity index (χ1n) is 9.72. The number of esters is 1. The van der Waals surface area contributed by atoms with Crippen LogP contribution in [-0.4, -0.2) is 32.9 Å². The van der Waals surface area contributed by atoms with Gasteiger partial charge in [0.25, 0.3) is 5.91 Å². The van der Waals surface area contributed by atoms with Crippen molar-refractivity contribution >= 4 is 40.3 Å². The second kappa shape index (κ2) is 8.97. The number of nitrogens with one attached hydrogen (secondary N) is 2. The fourth-order valence-corrected chi connectivity index (χ4v) is 3.16. The van der Waals surface area contributed by atoms with Crippen LogP contribution in [0.3, 0.4) is 0 Å². The monoisotopic (exact) mass is 434 g/mol. The number of anilines is 1. The maximum absolute atomic E-state index is 12.7. The summed E-state index contributed by atoms with van der Waals surface area (Å²) in [7, 11) is 0. The van der Waals surface area contributed by atoms with E-state index in [1.807, 2.05) is 30.3 Å². The van der Waals surface area contributed by atoms with Gasteiger partial charge in [0, 0.05) is 11.8 Å². The van der Waals surface area contributed by atoms with E-state index in [9.17, 15) is 9.59 Å². The molecule has 0 aliphatic heterocycles. The van der Waals surface area contributed by atoms with Gasteiger partial charge in [0.15, 0.2) is 6.10 Å². The number of aromatic amines is 1. The Bertz CT molecular complexity index is 1220. The number of hydrogen-bond donors (Lipinski definition) is 2. The van der Waals surface area contributed by atoms with Crippen LogP contribution in [0.25, 0.3) is 22.4 Å². The van der Waals surface area contributed by atoms with E-state index in [4.69, 9.17) is 16.3 Å². The zero-order chi connectivity index (χ0) is 21.8. The van der Waals surface area contributed by atoms with Gasteiger partial charge in [0.1, 0.15) is 11.6 Å². The summed E-state index contributed by atoms with van der Waals surface area (Å²) >= 11 is 5.80. The largest absolute Gasteiger partial charge is 0.449 e. The molecule has 0 saturated heterocycles. The van der Waals surface area contributed by atoms with Crippen molar-refractivity contribution in [1.82, 2.24) is 15.0 Å². The molecular formula is C23H19ClN4O3. The molecule has 0 aliphatic rings. The van der Waals surface area contributed by atoms with E-state index in [1.165, 1.54) is 6.20 Å². The number of pyridine rings is 1. The number of amides is 1. The summed E-state index contributed by atoms with van der Waals surface area (Å²) in [4.78, 5) is 36.9. The Morgan fingerprint density at radius 3 is 2.65 bits per heavy atom. The molecule has 4 aromatic rings. The average Bonchev–Trinajstić information content (AvgIpc) is 3.23.